The molecule has 8 bridgehead atoms. The van der Waals surface area contributed by atoms with Crippen molar-refractivity contribution in [2.45, 2.75) is 63.2 Å². The van der Waals surface area contributed by atoms with Crippen molar-refractivity contribution in [2.75, 3.05) is 0 Å². The molecule has 0 spiro atoms. The van der Waals surface area contributed by atoms with Crippen LogP contribution >= 0.6 is 0 Å². The molecular formula is C42H40N4. The van der Waals surface area contributed by atoms with Gasteiger partial charge in [-0.05, 0) is 114 Å². The van der Waals surface area contributed by atoms with Gasteiger partial charge in [-0.1, -0.05) is 60.1 Å². The van der Waals surface area contributed by atoms with Gasteiger partial charge in [0, 0.05) is 67.5 Å². The topological polar surface area (TPSA) is 63.2 Å². The van der Waals surface area contributed by atoms with Gasteiger partial charge in [0.05, 0.1) is 0 Å². The predicted molar refractivity (Wildman–Crippen MR) is 187 cm³/mol. The van der Waals surface area contributed by atoms with Crippen molar-refractivity contribution in [1.29, 1.82) is 0 Å². The van der Waals surface area contributed by atoms with Crippen LogP contribution in [0.1, 0.15) is 98.2 Å². The van der Waals surface area contributed by atoms with E-state index in [1.165, 1.54) is 0 Å². The third kappa shape index (κ3) is 4.83. The summed E-state index contributed by atoms with van der Waals surface area (Å²) in [6, 6.07) is 38.0. The van der Waals surface area contributed by atoms with Crippen molar-refractivity contribution in [1.82, 2.24) is 19.9 Å². The summed E-state index contributed by atoms with van der Waals surface area (Å²) < 4.78 is 0. The van der Waals surface area contributed by atoms with E-state index in [1.54, 1.807) is 0 Å². The molecular weight excluding hydrogens is 560 g/mol. The minimum absolute atomic E-state index is 0.334. The Morgan fingerprint density at radius 3 is 0.891 bits per heavy atom. The lowest BCUT2D eigenvalue weighted by molar-refractivity contribution is 0.574. The highest BCUT2D eigenvalue weighted by Gasteiger charge is 2.38. The fourth-order valence-electron chi connectivity index (χ4n) is 6.49. The van der Waals surface area contributed by atoms with Crippen molar-refractivity contribution >= 4 is 0 Å². The molecule has 0 fully saturated rings. The van der Waals surface area contributed by atoms with Crippen molar-refractivity contribution in [3.05, 3.63) is 166 Å². The van der Waals surface area contributed by atoms with Gasteiger partial charge in [-0.25, -0.2) is 0 Å². The van der Waals surface area contributed by atoms with Gasteiger partial charge in [0.15, 0.2) is 0 Å². The van der Waals surface area contributed by atoms with Gasteiger partial charge >= 0.3 is 0 Å². The second-order valence-electron chi connectivity index (χ2n) is 13.9. The van der Waals surface area contributed by atoms with Crippen LogP contribution in [0.15, 0.2) is 109 Å². The summed E-state index contributed by atoms with van der Waals surface area (Å²) in [5.41, 5.74) is 8.74. The molecule has 0 aliphatic carbocycles. The molecule has 7 rings (SSSR count). The first-order chi connectivity index (χ1) is 22.0. The van der Waals surface area contributed by atoms with E-state index < -0.39 is 10.8 Å². The Labute approximate surface area is 272 Å². The van der Waals surface area contributed by atoms with Gasteiger partial charge in [0.1, 0.15) is 10.8 Å². The van der Waals surface area contributed by atoms with Gasteiger partial charge in [-0.3, -0.25) is 0 Å². The minimum atomic E-state index is -0.608. The van der Waals surface area contributed by atoms with Crippen molar-refractivity contribution in [2.24, 2.45) is 0 Å². The number of H-pyrrole nitrogens is 4. The number of aromatic amines is 4. The average molecular weight is 601 g/mol. The summed E-state index contributed by atoms with van der Waals surface area (Å²) in [6.07, 6.45) is 0. The Bertz CT molecular complexity index is 1890. The second-order valence-corrected chi connectivity index (χ2v) is 13.9. The zero-order chi connectivity index (χ0) is 32.2. The average Bonchev–Trinajstić information content (AvgIpc) is 3.89. The Hall–Kier alpha value is -5.32. The second kappa shape index (κ2) is 10.6. The third-order valence-corrected chi connectivity index (χ3v) is 10.1. The molecule has 4 N–H and O–H groups in total. The molecule has 0 saturated carbocycles. The van der Waals surface area contributed by atoms with Gasteiger partial charge in [-0.15, -0.1) is 0 Å². The van der Waals surface area contributed by atoms with Crippen LogP contribution in [-0.4, -0.2) is 19.9 Å². The lowest BCUT2D eigenvalue weighted by Gasteiger charge is -2.28. The molecule has 4 heteroatoms. The first kappa shape index (κ1) is 29.4. The molecule has 4 aromatic heterocycles. The van der Waals surface area contributed by atoms with E-state index in [2.05, 4.69) is 158 Å². The summed E-state index contributed by atoms with van der Waals surface area (Å²) in [5, 5.41) is 0. The monoisotopic (exact) mass is 600 g/mol. The van der Waals surface area contributed by atoms with Crippen LogP contribution in [0.4, 0.5) is 0 Å². The Balaban J connectivity index is 1.44. The normalized spacial score (nSPS) is 21.0. The maximum Gasteiger partial charge on any atom is 0.108 e. The summed E-state index contributed by atoms with van der Waals surface area (Å²) in [5.74, 6) is 14.2. The number of aromatic nitrogens is 4. The van der Waals surface area contributed by atoms with Crippen LogP contribution < -0.4 is 0 Å². The fourth-order valence-corrected chi connectivity index (χ4v) is 6.49. The first-order valence-electron chi connectivity index (χ1n) is 16.0. The largest absolute Gasteiger partial charge is 0.360 e. The van der Waals surface area contributed by atoms with Crippen molar-refractivity contribution in [3.8, 4) is 23.7 Å². The number of hydrogen-bond donors (Lipinski definition) is 4. The highest BCUT2D eigenvalue weighted by molar-refractivity contribution is 5.52. The van der Waals surface area contributed by atoms with E-state index in [4.69, 9.17) is 0 Å². The van der Waals surface area contributed by atoms with Crippen LogP contribution in [0, 0.1) is 23.7 Å². The number of rotatable bonds is 0. The maximum atomic E-state index is 3.82. The molecule has 1 aliphatic heterocycles. The Morgan fingerprint density at radius 1 is 0.348 bits per heavy atom. The number of hydrogen-bond acceptors (Lipinski definition) is 0. The molecule has 46 heavy (non-hydrogen) atoms. The van der Waals surface area contributed by atoms with Crippen LogP contribution in [0.25, 0.3) is 0 Å². The van der Waals surface area contributed by atoms with Crippen molar-refractivity contribution in [3.63, 3.8) is 0 Å². The SMILES string of the molecule is CC1(C)c2ccc([nH]2)C(C)(C#Cc2ccccc2)c2ccc([nH]2)C(C)(C)c2ccc([nH]2)C(C)(C#Cc2ccccc2)c2ccc1[nH]2. The molecule has 0 amide bonds. The van der Waals surface area contributed by atoms with Gasteiger partial charge in [0.2, 0.25) is 0 Å². The van der Waals surface area contributed by atoms with Crippen LogP contribution in [-0.2, 0) is 21.7 Å². The van der Waals surface area contributed by atoms with Crippen LogP contribution in [0.3, 0.4) is 0 Å². The van der Waals surface area contributed by atoms with E-state index in [9.17, 15) is 0 Å². The third-order valence-electron chi connectivity index (χ3n) is 10.1. The first-order valence-corrected chi connectivity index (χ1v) is 16.0. The van der Waals surface area contributed by atoms with E-state index in [0.717, 1.165) is 56.7 Å². The number of fused-ring (bicyclic) bond motifs is 8. The van der Waals surface area contributed by atoms with Gasteiger partial charge < -0.3 is 19.9 Å². The standard InChI is InChI=1S/C42H40N4/c1-39(2)31-17-21-35(43-31)41(5,27-25-29-13-9-7-10-14-29)37-23-19-33(45-37)40(3,4)34-20-24-38(46-34)42(6,36-22-18-32(39)44-36)28-26-30-15-11-8-12-16-30/h7-24,43-46H,1-6H3. The Morgan fingerprint density at radius 2 is 0.609 bits per heavy atom. The molecule has 0 saturated heterocycles. The predicted octanol–water partition coefficient (Wildman–Crippen LogP) is 8.68. The molecule has 5 heterocycles. The molecule has 1 aliphatic rings. The molecule has 0 radical (unpaired) electrons. The summed E-state index contributed by atoms with van der Waals surface area (Å²) >= 11 is 0. The lowest BCUT2D eigenvalue weighted by Crippen LogP contribution is -2.27. The van der Waals surface area contributed by atoms with E-state index in [-0.39, 0.29) is 10.8 Å². The van der Waals surface area contributed by atoms with Crippen molar-refractivity contribution < 1.29 is 0 Å². The fraction of sp³-hybridized carbons (Fsp3) is 0.238. The zero-order valence-corrected chi connectivity index (χ0v) is 27.4. The summed E-state index contributed by atoms with van der Waals surface area (Å²) in [4.78, 5) is 15.3. The lowest BCUT2D eigenvalue weighted by atomic mass is 9.83. The highest BCUT2D eigenvalue weighted by Crippen LogP contribution is 2.41. The van der Waals surface area contributed by atoms with Gasteiger partial charge in [0.25, 0.3) is 0 Å². The molecule has 228 valence electrons. The van der Waals surface area contributed by atoms with Crippen LogP contribution in [0.2, 0.25) is 0 Å². The molecule has 6 aromatic rings. The molecule has 0 unspecified atom stereocenters. The summed E-state index contributed by atoms with van der Waals surface area (Å²) in [6.45, 7) is 13.4. The summed E-state index contributed by atoms with van der Waals surface area (Å²) in [7, 11) is 0. The smallest absolute Gasteiger partial charge is 0.108 e. The van der Waals surface area contributed by atoms with E-state index in [1.807, 2.05) is 36.4 Å². The molecule has 2 aromatic carbocycles. The highest BCUT2D eigenvalue weighted by atomic mass is 14.9. The molecule has 4 nitrogen and oxygen atoms in total. The number of nitrogens with one attached hydrogen (secondary N) is 4. The number of benzene rings is 2. The maximum absolute atomic E-state index is 3.82. The van der Waals surface area contributed by atoms with Crippen LogP contribution in [0.5, 0.6) is 0 Å². The van der Waals surface area contributed by atoms with E-state index >= 15 is 0 Å². The quantitative estimate of drug-likeness (QED) is 0.126. The Kier molecular flexibility index (Phi) is 6.80. The minimum Gasteiger partial charge on any atom is -0.360 e. The zero-order valence-electron chi connectivity index (χ0n) is 27.4. The van der Waals surface area contributed by atoms with E-state index in [0.29, 0.717) is 0 Å². The molecule has 0 atom stereocenters. The van der Waals surface area contributed by atoms with Gasteiger partial charge in [-0.2, -0.15) is 0 Å².